The van der Waals surface area contributed by atoms with Gasteiger partial charge in [0.25, 0.3) is 0 Å². The molecular formula is C24H48N6O7. The Morgan fingerprint density at radius 2 is 1.14 bits per heavy atom. The number of rotatable bonds is 23. The van der Waals surface area contributed by atoms with E-state index in [0.29, 0.717) is 75.0 Å². The zero-order chi connectivity index (χ0) is 27.9. The Labute approximate surface area is 220 Å². The summed E-state index contributed by atoms with van der Waals surface area (Å²) in [6.07, 6.45) is 6.84. The van der Waals surface area contributed by atoms with Crippen LogP contribution in [0, 0.1) is 0 Å². The van der Waals surface area contributed by atoms with Gasteiger partial charge in [0, 0.05) is 58.9 Å². The molecule has 216 valence electrons. The fourth-order valence-electron chi connectivity index (χ4n) is 3.36. The minimum atomic E-state index is -0.481. The average molecular weight is 533 g/mol. The number of carbonyl (C=O) groups excluding carboxylic acids is 4. The lowest BCUT2D eigenvalue weighted by Gasteiger charge is -2.15. The maximum atomic E-state index is 11.9. The zero-order valence-electron chi connectivity index (χ0n) is 22.3. The first-order chi connectivity index (χ1) is 17.7. The van der Waals surface area contributed by atoms with Crippen molar-refractivity contribution in [2.75, 3.05) is 45.8 Å². The van der Waals surface area contributed by atoms with E-state index < -0.39 is 5.91 Å². The van der Waals surface area contributed by atoms with Gasteiger partial charge in [-0.1, -0.05) is 12.8 Å². The molecular weight excluding hydrogens is 484 g/mol. The normalized spacial score (nSPS) is 10.7. The van der Waals surface area contributed by atoms with Gasteiger partial charge < -0.3 is 16.4 Å². The SMILES string of the molecule is CC(=O)N(O)CCCCCNCCC(=O)N(O)CCCCCNC(=O)CCC(=O)N(O)CCCCCN. The summed E-state index contributed by atoms with van der Waals surface area (Å²) in [7, 11) is 0. The van der Waals surface area contributed by atoms with Gasteiger partial charge in [0.2, 0.25) is 23.6 Å². The number of nitrogens with zero attached hydrogens (tertiary/aromatic N) is 3. The van der Waals surface area contributed by atoms with Crippen LogP contribution in [0.2, 0.25) is 0 Å². The molecule has 37 heavy (non-hydrogen) atoms. The van der Waals surface area contributed by atoms with Crippen LogP contribution in [0.3, 0.4) is 0 Å². The van der Waals surface area contributed by atoms with Gasteiger partial charge in [-0.2, -0.15) is 0 Å². The molecule has 0 atom stereocenters. The van der Waals surface area contributed by atoms with Crippen molar-refractivity contribution in [3.8, 4) is 0 Å². The molecule has 0 aromatic rings. The Bertz CT molecular complexity index is 653. The van der Waals surface area contributed by atoms with E-state index in [4.69, 9.17) is 5.73 Å². The van der Waals surface area contributed by atoms with Crippen LogP contribution in [0.4, 0.5) is 0 Å². The minimum absolute atomic E-state index is 0.00672. The van der Waals surface area contributed by atoms with Crippen molar-refractivity contribution in [3.63, 3.8) is 0 Å². The summed E-state index contributed by atoms with van der Waals surface area (Å²) >= 11 is 0. The van der Waals surface area contributed by atoms with Gasteiger partial charge in [-0.15, -0.1) is 0 Å². The maximum absolute atomic E-state index is 11.9. The monoisotopic (exact) mass is 532 g/mol. The van der Waals surface area contributed by atoms with Crippen LogP contribution in [-0.2, 0) is 19.2 Å². The molecule has 0 bridgehead atoms. The topological polar surface area (TPSA) is 189 Å². The molecule has 0 spiro atoms. The van der Waals surface area contributed by atoms with Crippen molar-refractivity contribution in [1.82, 2.24) is 25.8 Å². The van der Waals surface area contributed by atoms with E-state index in [9.17, 15) is 34.8 Å². The fraction of sp³-hybridized carbons (Fsp3) is 0.833. The molecule has 7 N–H and O–H groups in total. The van der Waals surface area contributed by atoms with E-state index in [-0.39, 0.29) is 50.1 Å². The molecule has 0 aromatic carbocycles. The lowest BCUT2D eigenvalue weighted by molar-refractivity contribution is -0.166. The van der Waals surface area contributed by atoms with E-state index in [1.165, 1.54) is 6.92 Å². The molecule has 0 unspecified atom stereocenters. The highest BCUT2D eigenvalue weighted by Gasteiger charge is 2.13. The molecule has 13 heteroatoms. The smallest absolute Gasteiger partial charge is 0.247 e. The second kappa shape index (κ2) is 22.8. The molecule has 0 rings (SSSR count). The van der Waals surface area contributed by atoms with Gasteiger partial charge in [0.05, 0.1) is 0 Å². The van der Waals surface area contributed by atoms with E-state index in [0.717, 1.165) is 30.7 Å². The highest BCUT2D eigenvalue weighted by atomic mass is 16.5. The minimum Gasteiger partial charge on any atom is -0.356 e. The Morgan fingerprint density at radius 3 is 1.70 bits per heavy atom. The van der Waals surface area contributed by atoms with Gasteiger partial charge in [-0.05, 0) is 58.0 Å². The second-order valence-corrected chi connectivity index (χ2v) is 9.00. The number of unbranched alkanes of at least 4 members (excludes halogenated alkanes) is 6. The number of hydrogen-bond acceptors (Lipinski definition) is 9. The summed E-state index contributed by atoms with van der Waals surface area (Å²) in [6.45, 7) is 4.22. The number of nitrogens with two attached hydrogens (primary N) is 1. The Balaban J connectivity index is 3.65. The summed E-state index contributed by atoms with van der Waals surface area (Å²) in [5.74, 6) is -1.48. The summed E-state index contributed by atoms with van der Waals surface area (Å²) < 4.78 is 0. The maximum Gasteiger partial charge on any atom is 0.247 e. The third-order valence-corrected chi connectivity index (χ3v) is 5.69. The molecule has 0 saturated heterocycles. The molecule has 0 aliphatic rings. The Kier molecular flexibility index (Phi) is 21.4. The summed E-state index contributed by atoms with van der Waals surface area (Å²) in [5.41, 5.74) is 5.40. The fourth-order valence-corrected chi connectivity index (χ4v) is 3.36. The van der Waals surface area contributed by atoms with Crippen molar-refractivity contribution < 1.29 is 34.8 Å². The van der Waals surface area contributed by atoms with Crippen LogP contribution in [0.5, 0.6) is 0 Å². The molecule has 4 amide bonds. The van der Waals surface area contributed by atoms with Gasteiger partial charge in [0.1, 0.15) is 0 Å². The van der Waals surface area contributed by atoms with Crippen LogP contribution < -0.4 is 16.4 Å². The van der Waals surface area contributed by atoms with Gasteiger partial charge in [0.15, 0.2) is 0 Å². The lowest BCUT2D eigenvalue weighted by Crippen LogP contribution is -2.32. The van der Waals surface area contributed by atoms with Crippen LogP contribution in [0.25, 0.3) is 0 Å². The predicted molar refractivity (Wildman–Crippen MR) is 137 cm³/mol. The van der Waals surface area contributed by atoms with Crippen LogP contribution in [0.1, 0.15) is 84.0 Å². The molecule has 0 aliphatic heterocycles. The second-order valence-electron chi connectivity index (χ2n) is 9.00. The summed E-state index contributed by atoms with van der Waals surface area (Å²) in [4.78, 5) is 46.5. The first-order valence-corrected chi connectivity index (χ1v) is 13.3. The van der Waals surface area contributed by atoms with Crippen LogP contribution in [-0.4, -0.2) is 100 Å². The number of amides is 4. The van der Waals surface area contributed by atoms with E-state index in [1.54, 1.807) is 0 Å². The highest BCUT2D eigenvalue weighted by Crippen LogP contribution is 2.02. The van der Waals surface area contributed by atoms with E-state index in [1.807, 2.05) is 0 Å². The quantitative estimate of drug-likeness (QED) is 0.0633. The highest BCUT2D eigenvalue weighted by molar-refractivity contribution is 5.83. The number of hydroxylamine groups is 6. The number of nitrogens with one attached hydrogen (secondary N) is 2. The molecule has 0 radical (unpaired) electrons. The van der Waals surface area contributed by atoms with Crippen molar-refractivity contribution in [1.29, 1.82) is 0 Å². The van der Waals surface area contributed by atoms with Crippen molar-refractivity contribution in [2.24, 2.45) is 5.73 Å². The third-order valence-electron chi connectivity index (χ3n) is 5.69. The lowest BCUT2D eigenvalue weighted by atomic mass is 10.2. The zero-order valence-corrected chi connectivity index (χ0v) is 22.3. The standard InChI is InChI=1S/C24H48N6O7/c1-21(31)28(35)18-9-3-6-15-26-17-13-24(34)30(37)20-10-4-7-16-27-22(32)11-12-23(33)29(36)19-8-2-5-14-25/h26,35-37H,2-20,25H2,1H3,(H,27,32). The largest absolute Gasteiger partial charge is 0.356 e. The van der Waals surface area contributed by atoms with Crippen molar-refractivity contribution >= 4 is 23.6 Å². The number of carbonyl (C=O) groups is 4. The average Bonchev–Trinajstić information content (AvgIpc) is 2.87. The molecule has 0 fully saturated rings. The molecule has 0 heterocycles. The Morgan fingerprint density at radius 1 is 0.622 bits per heavy atom. The third kappa shape index (κ3) is 20.4. The van der Waals surface area contributed by atoms with Gasteiger partial charge >= 0.3 is 0 Å². The van der Waals surface area contributed by atoms with Crippen molar-refractivity contribution in [2.45, 2.75) is 84.0 Å². The molecule has 0 aliphatic carbocycles. The number of hydrogen-bond donors (Lipinski definition) is 6. The van der Waals surface area contributed by atoms with Crippen molar-refractivity contribution in [3.05, 3.63) is 0 Å². The molecule has 13 nitrogen and oxygen atoms in total. The van der Waals surface area contributed by atoms with E-state index in [2.05, 4.69) is 10.6 Å². The summed E-state index contributed by atoms with van der Waals surface area (Å²) in [5, 5.41) is 36.7. The molecule has 0 aromatic heterocycles. The van der Waals surface area contributed by atoms with Gasteiger partial charge in [-0.3, -0.25) is 34.8 Å². The first-order valence-electron chi connectivity index (χ1n) is 13.3. The first kappa shape index (κ1) is 34.7. The summed E-state index contributed by atoms with van der Waals surface area (Å²) in [6, 6.07) is 0. The molecule has 0 saturated carbocycles. The van der Waals surface area contributed by atoms with E-state index >= 15 is 0 Å². The Hall–Kier alpha value is -2.32. The van der Waals surface area contributed by atoms with Crippen LogP contribution >= 0.6 is 0 Å². The van der Waals surface area contributed by atoms with Crippen LogP contribution in [0.15, 0.2) is 0 Å². The van der Waals surface area contributed by atoms with Gasteiger partial charge in [-0.25, -0.2) is 15.2 Å². The predicted octanol–water partition coefficient (Wildman–Crippen LogP) is 1.01.